The fraction of sp³-hybridized carbons (Fsp3) is 0.545. The first-order chi connectivity index (χ1) is 8.25. The molecule has 1 rings (SSSR count). The maximum atomic E-state index is 11.5. The van der Waals surface area contributed by atoms with Crippen LogP contribution in [0.2, 0.25) is 5.22 Å². The van der Waals surface area contributed by atoms with E-state index in [4.69, 9.17) is 25.5 Å². The lowest BCUT2D eigenvalue weighted by Gasteiger charge is -2.05. The fourth-order valence-corrected chi connectivity index (χ4v) is 1.37. The molecule has 0 aliphatic rings. The Morgan fingerprint density at radius 3 is 2.94 bits per heavy atom. The van der Waals surface area contributed by atoms with Crippen molar-refractivity contribution in [3.05, 3.63) is 23.1 Å². The van der Waals surface area contributed by atoms with Gasteiger partial charge in [-0.1, -0.05) is 0 Å². The van der Waals surface area contributed by atoms with Gasteiger partial charge in [0.05, 0.1) is 25.0 Å². The van der Waals surface area contributed by atoms with Gasteiger partial charge in [0.1, 0.15) is 0 Å². The first kappa shape index (κ1) is 14.0. The zero-order valence-corrected chi connectivity index (χ0v) is 10.5. The predicted octanol–water partition coefficient (Wildman–Crippen LogP) is 1.72. The van der Waals surface area contributed by atoms with E-state index in [0.717, 1.165) is 6.42 Å². The van der Waals surface area contributed by atoms with Gasteiger partial charge in [0.25, 0.3) is 5.91 Å². The third-order valence-electron chi connectivity index (χ3n) is 2.05. The highest BCUT2D eigenvalue weighted by Crippen LogP contribution is 2.15. The van der Waals surface area contributed by atoms with E-state index in [0.29, 0.717) is 31.9 Å². The van der Waals surface area contributed by atoms with Crippen molar-refractivity contribution in [2.75, 3.05) is 33.5 Å². The van der Waals surface area contributed by atoms with E-state index in [1.165, 1.54) is 12.3 Å². The quantitative estimate of drug-likeness (QED) is 0.724. The largest absolute Gasteiger partial charge is 0.452 e. The summed E-state index contributed by atoms with van der Waals surface area (Å²) < 4.78 is 14.9. The van der Waals surface area contributed by atoms with Gasteiger partial charge in [-0.3, -0.25) is 4.79 Å². The molecule has 0 saturated carbocycles. The summed E-state index contributed by atoms with van der Waals surface area (Å²) in [6.07, 6.45) is 2.12. The molecule has 5 nitrogen and oxygen atoms in total. The maximum Gasteiger partial charge on any atom is 0.256 e. The highest BCUT2D eigenvalue weighted by atomic mass is 35.5. The van der Waals surface area contributed by atoms with Crippen molar-refractivity contribution in [3.63, 3.8) is 0 Å². The summed E-state index contributed by atoms with van der Waals surface area (Å²) in [4.78, 5) is 11.5. The second-order valence-electron chi connectivity index (χ2n) is 3.32. The van der Waals surface area contributed by atoms with Crippen LogP contribution in [-0.2, 0) is 9.47 Å². The van der Waals surface area contributed by atoms with Crippen LogP contribution in [0.3, 0.4) is 0 Å². The molecule has 0 fully saturated rings. The van der Waals surface area contributed by atoms with Gasteiger partial charge in [0.15, 0.2) is 0 Å². The van der Waals surface area contributed by atoms with Gasteiger partial charge < -0.3 is 19.2 Å². The third-order valence-corrected chi connectivity index (χ3v) is 2.34. The zero-order valence-electron chi connectivity index (χ0n) is 9.70. The van der Waals surface area contributed by atoms with E-state index >= 15 is 0 Å². The molecule has 17 heavy (non-hydrogen) atoms. The molecule has 0 spiro atoms. The molecule has 0 atom stereocenters. The SMILES string of the molecule is COCCOCCCNC(=O)c1ccoc1Cl. The fourth-order valence-electron chi connectivity index (χ4n) is 1.17. The Bertz CT molecular complexity index is 340. The number of halogens is 1. The van der Waals surface area contributed by atoms with Crippen LogP contribution in [0.15, 0.2) is 16.7 Å². The molecule has 0 aliphatic carbocycles. The highest BCUT2D eigenvalue weighted by molar-refractivity contribution is 6.32. The summed E-state index contributed by atoms with van der Waals surface area (Å²) in [6, 6.07) is 1.53. The number of carbonyl (C=O) groups is 1. The molecule has 0 radical (unpaired) electrons. The molecule has 0 aliphatic heterocycles. The molecule has 0 bridgehead atoms. The second kappa shape index (κ2) is 8.11. The maximum absolute atomic E-state index is 11.5. The zero-order chi connectivity index (χ0) is 12.5. The monoisotopic (exact) mass is 261 g/mol. The average Bonchev–Trinajstić information content (AvgIpc) is 2.74. The Morgan fingerprint density at radius 2 is 2.29 bits per heavy atom. The number of methoxy groups -OCH3 is 1. The number of hydrogen-bond donors (Lipinski definition) is 1. The van der Waals surface area contributed by atoms with E-state index < -0.39 is 0 Å². The Kier molecular flexibility index (Phi) is 6.69. The number of carbonyl (C=O) groups excluding carboxylic acids is 1. The van der Waals surface area contributed by atoms with Crippen LogP contribution < -0.4 is 5.32 Å². The Balaban J connectivity index is 2.07. The van der Waals surface area contributed by atoms with Crippen LogP contribution in [0.25, 0.3) is 0 Å². The molecule has 1 N–H and O–H groups in total. The summed E-state index contributed by atoms with van der Waals surface area (Å²) in [5.41, 5.74) is 0.354. The highest BCUT2D eigenvalue weighted by Gasteiger charge is 2.11. The minimum Gasteiger partial charge on any atom is -0.452 e. The van der Waals surface area contributed by atoms with Gasteiger partial charge in [0, 0.05) is 20.3 Å². The normalized spacial score (nSPS) is 10.5. The minimum absolute atomic E-state index is 0.110. The molecule has 1 amide bonds. The van der Waals surface area contributed by atoms with Crippen molar-refractivity contribution in [2.45, 2.75) is 6.42 Å². The van der Waals surface area contributed by atoms with E-state index in [2.05, 4.69) is 5.32 Å². The lowest BCUT2D eigenvalue weighted by molar-refractivity contribution is 0.0688. The van der Waals surface area contributed by atoms with Gasteiger partial charge in [-0.25, -0.2) is 0 Å². The summed E-state index contributed by atoms with van der Waals surface area (Å²) in [7, 11) is 1.62. The van der Waals surface area contributed by atoms with Crippen LogP contribution in [0.5, 0.6) is 0 Å². The number of furan rings is 1. The molecule has 0 saturated heterocycles. The molecular weight excluding hydrogens is 246 g/mol. The van der Waals surface area contributed by atoms with Crippen molar-refractivity contribution in [3.8, 4) is 0 Å². The number of nitrogens with one attached hydrogen (secondary N) is 1. The van der Waals surface area contributed by atoms with E-state index in [1.807, 2.05) is 0 Å². The van der Waals surface area contributed by atoms with Crippen LogP contribution >= 0.6 is 11.6 Å². The summed E-state index contributed by atoms with van der Waals surface area (Å²) >= 11 is 5.67. The third kappa shape index (κ3) is 5.21. The second-order valence-corrected chi connectivity index (χ2v) is 3.67. The molecule has 1 heterocycles. The van der Waals surface area contributed by atoms with Crippen molar-refractivity contribution in [2.24, 2.45) is 0 Å². The number of amides is 1. The molecule has 1 aromatic heterocycles. The van der Waals surface area contributed by atoms with Crippen LogP contribution in [0.4, 0.5) is 0 Å². The topological polar surface area (TPSA) is 60.7 Å². The summed E-state index contributed by atoms with van der Waals surface area (Å²) in [6.45, 7) is 2.27. The van der Waals surface area contributed by atoms with Gasteiger partial charge in [0.2, 0.25) is 5.22 Å². The molecule has 0 unspecified atom stereocenters. The molecular formula is C11H16ClNO4. The van der Waals surface area contributed by atoms with Crippen LogP contribution in [0, 0.1) is 0 Å². The predicted molar refractivity (Wildman–Crippen MR) is 63.4 cm³/mol. The van der Waals surface area contributed by atoms with Gasteiger partial charge >= 0.3 is 0 Å². The lowest BCUT2D eigenvalue weighted by atomic mass is 10.3. The standard InChI is InChI=1S/C11H16ClNO4/c1-15-7-8-16-5-2-4-13-11(14)9-3-6-17-10(9)12/h3,6H,2,4-5,7-8H2,1H3,(H,13,14). The van der Waals surface area contributed by atoms with E-state index in [9.17, 15) is 4.79 Å². The van der Waals surface area contributed by atoms with Crippen LogP contribution in [-0.4, -0.2) is 39.4 Å². The Labute approximate surface area is 105 Å². The van der Waals surface area contributed by atoms with Crippen LogP contribution in [0.1, 0.15) is 16.8 Å². The minimum atomic E-state index is -0.236. The van der Waals surface area contributed by atoms with Crippen molar-refractivity contribution in [1.29, 1.82) is 0 Å². The average molecular weight is 262 g/mol. The van der Waals surface area contributed by atoms with Crippen molar-refractivity contribution in [1.82, 2.24) is 5.32 Å². The smallest absolute Gasteiger partial charge is 0.256 e. The van der Waals surface area contributed by atoms with Gasteiger partial charge in [-0.2, -0.15) is 0 Å². The molecule has 96 valence electrons. The van der Waals surface area contributed by atoms with Crippen molar-refractivity contribution >= 4 is 17.5 Å². The first-order valence-electron chi connectivity index (χ1n) is 5.33. The van der Waals surface area contributed by atoms with Gasteiger partial charge in [-0.05, 0) is 24.1 Å². The Morgan fingerprint density at radius 1 is 1.47 bits per heavy atom. The lowest BCUT2D eigenvalue weighted by Crippen LogP contribution is -2.25. The van der Waals surface area contributed by atoms with E-state index in [1.54, 1.807) is 7.11 Å². The first-order valence-corrected chi connectivity index (χ1v) is 5.71. The number of ether oxygens (including phenoxy) is 2. The molecule has 1 aromatic rings. The van der Waals surface area contributed by atoms with Crippen molar-refractivity contribution < 1.29 is 18.7 Å². The molecule has 0 aromatic carbocycles. The van der Waals surface area contributed by atoms with E-state index in [-0.39, 0.29) is 11.1 Å². The summed E-state index contributed by atoms with van der Waals surface area (Å²) in [5.74, 6) is -0.236. The number of rotatable bonds is 8. The molecule has 6 heteroatoms. The Hall–Kier alpha value is -1.04. The summed E-state index contributed by atoms with van der Waals surface area (Å²) in [5, 5.41) is 2.83. The van der Waals surface area contributed by atoms with Gasteiger partial charge in [-0.15, -0.1) is 0 Å². The number of hydrogen-bond acceptors (Lipinski definition) is 4.